The van der Waals surface area contributed by atoms with Crippen molar-refractivity contribution < 1.29 is 28.9 Å². The third-order valence-corrected chi connectivity index (χ3v) is 5.37. The number of nitrogens with zero attached hydrogens (tertiary/aromatic N) is 1. The maximum Gasteiger partial charge on any atom is 0.266 e. The number of hydrogen-bond donors (Lipinski definition) is 3. The average Bonchev–Trinajstić information content (AvgIpc) is 2.87. The number of methoxy groups -OCH3 is 2. The van der Waals surface area contributed by atoms with Gasteiger partial charge in [-0.05, 0) is 76.1 Å². The normalized spacial score (nSPS) is 10.7. The Hall–Kier alpha value is -4.49. The highest BCUT2D eigenvalue weighted by atomic mass is 79.9. The number of halogens is 1. The van der Waals surface area contributed by atoms with Crippen molar-refractivity contribution in [2.24, 2.45) is 0 Å². The van der Waals surface area contributed by atoms with Gasteiger partial charge < -0.3 is 30.0 Å². The smallest absolute Gasteiger partial charge is 0.266 e. The van der Waals surface area contributed by atoms with E-state index in [-0.39, 0.29) is 29.4 Å². The molecule has 0 aliphatic heterocycles. The van der Waals surface area contributed by atoms with Gasteiger partial charge in [0.15, 0.2) is 18.1 Å². The molecule has 2 amide bonds. The number of aromatic hydroxyl groups is 1. The Kier molecular flexibility index (Phi) is 8.91. The quantitative estimate of drug-likeness (QED) is 0.199. The maximum absolute atomic E-state index is 12.5. The summed E-state index contributed by atoms with van der Waals surface area (Å²) in [5.41, 5.74) is 1.27. The first-order valence-electron chi connectivity index (χ1n) is 10.5. The molecular formula is C26H22BrN3O6. The number of ether oxygens (including phenoxy) is 3. The molecular weight excluding hydrogens is 530 g/mol. The highest BCUT2D eigenvalue weighted by molar-refractivity contribution is 9.10. The van der Waals surface area contributed by atoms with Crippen molar-refractivity contribution in [3.8, 4) is 29.1 Å². The topological polar surface area (TPSA) is 130 Å². The van der Waals surface area contributed by atoms with Crippen LogP contribution in [0.15, 0.2) is 70.7 Å². The molecule has 36 heavy (non-hydrogen) atoms. The van der Waals surface area contributed by atoms with Gasteiger partial charge in [-0.1, -0.05) is 12.1 Å². The summed E-state index contributed by atoms with van der Waals surface area (Å²) in [5, 5.41) is 24.2. The first kappa shape index (κ1) is 26.1. The van der Waals surface area contributed by atoms with Gasteiger partial charge >= 0.3 is 0 Å². The summed E-state index contributed by atoms with van der Waals surface area (Å²) in [6, 6.07) is 17.9. The molecule has 0 saturated heterocycles. The van der Waals surface area contributed by atoms with Crippen LogP contribution in [0.2, 0.25) is 0 Å². The van der Waals surface area contributed by atoms with Crippen LogP contribution in [0, 0.1) is 11.3 Å². The monoisotopic (exact) mass is 551 g/mol. The summed E-state index contributed by atoms with van der Waals surface area (Å²) in [5.74, 6) is 0.111. The van der Waals surface area contributed by atoms with Crippen LogP contribution < -0.4 is 24.8 Å². The van der Waals surface area contributed by atoms with Gasteiger partial charge in [0.25, 0.3) is 11.8 Å². The van der Waals surface area contributed by atoms with Gasteiger partial charge in [0.05, 0.1) is 24.4 Å². The molecule has 9 nitrogen and oxygen atoms in total. The summed E-state index contributed by atoms with van der Waals surface area (Å²) in [6.45, 7) is -0.305. The van der Waals surface area contributed by atoms with E-state index in [1.807, 2.05) is 6.07 Å². The van der Waals surface area contributed by atoms with Crippen molar-refractivity contribution in [3.63, 3.8) is 0 Å². The Morgan fingerprint density at radius 3 is 2.39 bits per heavy atom. The van der Waals surface area contributed by atoms with Crippen LogP contribution in [0.5, 0.6) is 23.0 Å². The minimum Gasteiger partial charge on any atom is -0.508 e. The summed E-state index contributed by atoms with van der Waals surface area (Å²) in [4.78, 5) is 24.9. The molecule has 0 unspecified atom stereocenters. The highest BCUT2D eigenvalue weighted by Gasteiger charge is 2.16. The minimum atomic E-state index is -0.619. The molecule has 3 rings (SSSR count). The largest absolute Gasteiger partial charge is 0.508 e. The molecule has 0 spiro atoms. The fourth-order valence-corrected chi connectivity index (χ4v) is 3.67. The Labute approximate surface area is 216 Å². The second-order valence-electron chi connectivity index (χ2n) is 7.24. The van der Waals surface area contributed by atoms with Crippen molar-refractivity contribution in [1.29, 1.82) is 5.26 Å². The number of benzene rings is 3. The van der Waals surface area contributed by atoms with Gasteiger partial charge in [0, 0.05) is 5.69 Å². The summed E-state index contributed by atoms with van der Waals surface area (Å²) >= 11 is 3.39. The zero-order valence-corrected chi connectivity index (χ0v) is 21.0. The van der Waals surface area contributed by atoms with E-state index < -0.39 is 11.8 Å². The summed E-state index contributed by atoms with van der Waals surface area (Å²) in [7, 11) is 2.94. The average molecular weight is 552 g/mol. The lowest BCUT2D eigenvalue weighted by molar-refractivity contribution is -0.118. The minimum absolute atomic E-state index is 0.0561. The zero-order valence-electron chi connectivity index (χ0n) is 19.4. The number of anilines is 2. The second-order valence-corrected chi connectivity index (χ2v) is 8.10. The van der Waals surface area contributed by atoms with E-state index >= 15 is 0 Å². The third-order valence-electron chi connectivity index (χ3n) is 4.78. The van der Waals surface area contributed by atoms with E-state index in [9.17, 15) is 20.0 Å². The molecule has 0 aliphatic carbocycles. The van der Waals surface area contributed by atoms with Crippen LogP contribution >= 0.6 is 15.9 Å². The Bertz CT molecular complexity index is 1330. The van der Waals surface area contributed by atoms with Crippen LogP contribution in [0.25, 0.3) is 6.08 Å². The summed E-state index contributed by atoms with van der Waals surface area (Å²) < 4.78 is 16.7. The maximum atomic E-state index is 12.5. The van der Waals surface area contributed by atoms with Crippen molar-refractivity contribution >= 4 is 45.2 Å². The first-order valence-corrected chi connectivity index (χ1v) is 11.3. The number of carbonyl (C=O) groups excluding carboxylic acids is 2. The van der Waals surface area contributed by atoms with Crippen LogP contribution in [0.4, 0.5) is 11.4 Å². The number of hydrogen-bond acceptors (Lipinski definition) is 7. The Morgan fingerprint density at radius 1 is 1.03 bits per heavy atom. The molecule has 0 heterocycles. The van der Waals surface area contributed by atoms with Gasteiger partial charge in [-0.15, -0.1) is 0 Å². The van der Waals surface area contributed by atoms with Crippen molar-refractivity contribution in [2.75, 3.05) is 31.5 Å². The number of phenolic OH excluding ortho intramolecular Hbond substituents is 1. The van der Waals surface area contributed by atoms with Gasteiger partial charge in [0.1, 0.15) is 23.1 Å². The van der Waals surface area contributed by atoms with E-state index in [0.29, 0.717) is 27.2 Å². The fraction of sp³-hybridized carbons (Fsp3) is 0.115. The molecule has 3 aromatic carbocycles. The Balaban J connectivity index is 1.74. The predicted octanol–water partition coefficient (Wildman–Crippen LogP) is 4.74. The van der Waals surface area contributed by atoms with E-state index in [4.69, 9.17) is 14.2 Å². The molecule has 3 N–H and O–H groups in total. The lowest BCUT2D eigenvalue weighted by Gasteiger charge is -2.14. The van der Waals surface area contributed by atoms with Gasteiger partial charge in [0.2, 0.25) is 0 Å². The molecule has 0 aromatic heterocycles. The number of nitriles is 1. The summed E-state index contributed by atoms with van der Waals surface area (Å²) in [6.07, 6.45) is 1.39. The van der Waals surface area contributed by atoms with Gasteiger partial charge in [-0.2, -0.15) is 5.26 Å². The predicted molar refractivity (Wildman–Crippen MR) is 138 cm³/mol. The van der Waals surface area contributed by atoms with Crippen molar-refractivity contribution in [2.45, 2.75) is 0 Å². The van der Waals surface area contributed by atoms with Crippen LogP contribution in [-0.2, 0) is 9.59 Å². The molecule has 184 valence electrons. The van der Waals surface area contributed by atoms with E-state index in [1.165, 1.54) is 44.6 Å². The molecule has 0 bridgehead atoms. The number of rotatable bonds is 9. The molecule has 0 fully saturated rings. The fourth-order valence-electron chi connectivity index (χ4n) is 3.09. The Morgan fingerprint density at radius 2 is 1.72 bits per heavy atom. The highest BCUT2D eigenvalue weighted by Crippen LogP contribution is 2.37. The van der Waals surface area contributed by atoms with Crippen LogP contribution in [0.3, 0.4) is 0 Å². The van der Waals surface area contributed by atoms with E-state index in [0.717, 1.165) is 0 Å². The molecule has 10 heteroatoms. The lowest BCUT2D eigenvalue weighted by Crippen LogP contribution is -2.20. The van der Waals surface area contributed by atoms with Crippen molar-refractivity contribution in [3.05, 3.63) is 76.3 Å². The number of carbonyl (C=O) groups is 2. The van der Waals surface area contributed by atoms with Gasteiger partial charge in [-0.3, -0.25) is 9.59 Å². The zero-order chi connectivity index (χ0) is 26.1. The molecule has 0 aliphatic rings. The number of nitrogens with one attached hydrogen (secondary N) is 2. The number of para-hydroxylation sites is 2. The molecule has 0 atom stereocenters. The van der Waals surface area contributed by atoms with Crippen molar-refractivity contribution in [1.82, 2.24) is 0 Å². The standard InChI is InChI=1S/C26H22BrN3O6/c1-34-22-6-4-3-5-21(22)30-24(32)15-36-25-20(27)12-16(13-23(25)35-2)11-17(14-28)26(33)29-18-7-9-19(31)10-8-18/h3-13,31H,15H2,1-2H3,(H,29,33)(H,30,32)/b17-11+. The SMILES string of the molecule is COc1ccccc1NC(=O)COc1c(Br)cc(/C=C(\C#N)C(=O)Nc2ccc(O)cc2)cc1OC. The van der Waals surface area contributed by atoms with Crippen LogP contribution in [-0.4, -0.2) is 37.7 Å². The molecule has 0 saturated carbocycles. The number of amides is 2. The molecule has 0 radical (unpaired) electrons. The van der Waals surface area contributed by atoms with Crippen LogP contribution in [0.1, 0.15) is 5.56 Å². The second kappa shape index (κ2) is 12.3. The lowest BCUT2D eigenvalue weighted by atomic mass is 10.1. The first-order chi connectivity index (χ1) is 17.3. The molecule has 3 aromatic rings. The van der Waals surface area contributed by atoms with E-state index in [2.05, 4.69) is 26.6 Å². The van der Waals surface area contributed by atoms with E-state index in [1.54, 1.807) is 36.4 Å². The number of phenols is 1. The van der Waals surface area contributed by atoms with Gasteiger partial charge in [-0.25, -0.2) is 0 Å². The third kappa shape index (κ3) is 6.77.